The van der Waals surface area contributed by atoms with Gasteiger partial charge in [0.1, 0.15) is 0 Å². The summed E-state index contributed by atoms with van der Waals surface area (Å²) in [5, 5.41) is 3.01. The summed E-state index contributed by atoms with van der Waals surface area (Å²) in [4.78, 5) is 23.4. The Morgan fingerprint density at radius 3 is 3.17 bits per heavy atom. The lowest BCUT2D eigenvalue weighted by atomic mass is 10.2. The molecule has 1 aromatic rings. The van der Waals surface area contributed by atoms with Gasteiger partial charge in [-0.15, -0.1) is 0 Å². The molecule has 0 saturated carbocycles. The molecule has 2 aliphatic heterocycles. The maximum atomic E-state index is 11.5. The van der Waals surface area contributed by atoms with E-state index in [-0.39, 0.29) is 17.4 Å². The van der Waals surface area contributed by atoms with Gasteiger partial charge in [0.2, 0.25) is 5.28 Å². The number of halogens is 1. The Morgan fingerprint density at radius 1 is 1.50 bits per heavy atom. The van der Waals surface area contributed by atoms with E-state index in [2.05, 4.69) is 15.3 Å². The number of nitrogens with one attached hydrogen (secondary N) is 1. The van der Waals surface area contributed by atoms with Gasteiger partial charge in [-0.3, -0.25) is 0 Å². The number of hydrogen-bond donors (Lipinski definition) is 2. The van der Waals surface area contributed by atoms with Crippen LogP contribution in [0.5, 0.6) is 0 Å². The van der Waals surface area contributed by atoms with Crippen LogP contribution in [0.25, 0.3) is 0 Å². The maximum Gasteiger partial charge on any atom is 0.317 e. The smallest absolute Gasteiger partial charge is 0.317 e. The SMILES string of the molecule is Nc1cnc(Cl)nc1N1CCN2C(=O)NCC2C1. The molecule has 1 unspecified atom stereocenters. The summed E-state index contributed by atoms with van der Waals surface area (Å²) < 4.78 is 0. The number of nitrogens with two attached hydrogens (primary N) is 1. The van der Waals surface area contributed by atoms with Gasteiger partial charge in [0.25, 0.3) is 0 Å². The fourth-order valence-corrected chi connectivity index (χ4v) is 2.54. The summed E-state index contributed by atoms with van der Waals surface area (Å²) in [5.74, 6) is 0.647. The average Bonchev–Trinajstić information content (AvgIpc) is 2.74. The first-order chi connectivity index (χ1) is 8.65. The topological polar surface area (TPSA) is 87.4 Å². The Bertz CT molecular complexity index is 495. The molecule has 2 amide bonds. The molecule has 96 valence electrons. The summed E-state index contributed by atoms with van der Waals surface area (Å²) in [6.45, 7) is 2.73. The molecule has 3 heterocycles. The van der Waals surface area contributed by atoms with E-state index in [1.54, 1.807) is 0 Å². The van der Waals surface area contributed by atoms with Crippen molar-refractivity contribution in [1.29, 1.82) is 0 Å². The van der Waals surface area contributed by atoms with Crippen LogP contribution in [0, 0.1) is 0 Å². The van der Waals surface area contributed by atoms with Gasteiger partial charge in [-0.1, -0.05) is 0 Å². The highest BCUT2D eigenvalue weighted by Gasteiger charge is 2.36. The highest BCUT2D eigenvalue weighted by Crippen LogP contribution is 2.25. The van der Waals surface area contributed by atoms with E-state index in [0.717, 1.165) is 0 Å². The Morgan fingerprint density at radius 2 is 2.33 bits per heavy atom. The zero-order chi connectivity index (χ0) is 12.7. The first-order valence-electron chi connectivity index (χ1n) is 5.72. The zero-order valence-electron chi connectivity index (χ0n) is 9.64. The van der Waals surface area contributed by atoms with Crippen molar-refractivity contribution in [3.05, 3.63) is 11.5 Å². The summed E-state index contributed by atoms with van der Waals surface area (Å²) in [6.07, 6.45) is 1.51. The van der Waals surface area contributed by atoms with Crippen LogP contribution in [0.3, 0.4) is 0 Å². The molecule has 18 heavy (non-hydrogen) atoms. The number of nitrogens with zero attached hydrogens (tertiary/aromatic N) is 4. The first kappa shape index (κ1) is 11.3. The van der Waals surface area contributed by atoms with E-state index in [1.165, 1.54) is 6.20 Å². The van der Waals surface area contributed by atoms with E-state index < -0.39 is 0 Å². The summed E-state index contributed by atoms with van der Waals surface area (Å²) in [5.41, 5.74) is 6.37. The lowest BCUT2D eigenvalue weighted by molar-refractivity contribution is 0.197. The summed E-state index contributed by atoms with van der Waals surface area (Å²) in [7, 11) is 0. The molecule has 0 bridgehead atoms. The van der Waals surface area contributed by atoms with Crippen molar-refractivity contribution in [2.45, 2.75) is 6.04 Å². The summed E-state index contributed by atoms with van der Waals surface area (Å²) in [6, 6.07) is 0.174. The third-order valence-corrected chi connectivity index (χ3v) is 3.48. The zero-order valence-corrected chi connectivity index (χ0v) is 10.4. The van der Waals surface area contributed by atoms with E-state index in [1.807, 2.05) is 9.80 Å². The fourth-order valence-electron chi connectivity index (χ4n) is 2.41. The molecule has 2 aliphatic rings. The molecule has 0 aromatic carbocycles. The molecule has 1 atom stereocenters. The number of urea groups is 1. The van der Waals surface area contributed by atoms with Crippen LogP contribution in [-0.4, -0.2) is 53.1 Å². The van der Waals surface area contributed by atoms with Gasteiger partial charge < -0.3 is 20.9 Å². The Kier molecular flexibility index (Phi) is 2.62. The molecule has 7 nitrogen and oxygen atoms in total. The third-order valence-electron chi connectivity index (χ3n) is 3.30. The number of nitrogen functional groups attached to an aromatic ring is 1. The van der Waals surface area contributed by atoms with Crippen LogP contribution < -0.4 is 16.0 Å². The highest BCUT2D eigenvalue weighted by atomic mass is 35.5. The van der Waals surface area contributed by atoms with Crippen molar-refractivity contribution < 1.29 is 4.79 Å². The number of anilines is 2. The molecule has 3 N–H and O–H groups in total. The predicted molar refractivity (Wildman–Crippen MR) is 67.6 cm³/mol. The van der Waals surface area contributed by atoms with Gasteiger partial charge in [0.05, 0.1) is 17.9 Å². The Labute approximate surface area is 109 Å². The Hall–Kier alpha value is -1.76. The minimum atomic E-state index is 0.00772. The van der Waals surface area contributed by atoms with E-state index in [9.17, 15) is 4.79 Å². The average molecular weight is 269 g/mol. The second-order valence-electron chi connectivity index (χ2n) is 4.40. The number of carbonyl (C=O) groups excluding carboxylic acids is 1. The number of hydrogen-bond acceptors (Lipinski definition) is 5. The quantitative estimate of drug-likeness (QED) is 0.696. The van der Waals surface area contributed by atoms with Crippen LogP contribution in [-0.2, 0) is 0 Å². The fraction of sp³-hybridized carbons (Fsp3) is 0.500. The van der Waals surface area contributed by atoms with Gasteiger partial charge in [-0.05, 0) is 11.6 Å². The summed E-state index contributed by atoms with van der Waals surface area (Å²) >= 11 is 5.79. The molecule has 2 saturated heterocycles. The lowest BCUT2D eigenvalue weighted by Crippen LogP contribution is -2.52. The molecular weight excluding hydrogens is 256 g/mol. The third kappa shape index (κ3) is 1.80. The molecule has 2 fully saturated rings. The van der Waals surface area contributed by atoms with Gasteiger partial charge >= 0.3 is 6.03 Å². The number of aromatic nitrogens is 2. The van der Waals surface area contributed by atoms with Crippen LogP contribution in [0.2, 0.25) is 5.28 Å². The molecular formula is C10H13ClN6O. The first-order valence-corrected chi connectivity index (χ1v) is 6.10. The van der Waals surface area contributed by atoms with E-state index in [0.29, 0.717) is 37.7 Å². The van der Waals surface area contributed by atoms with Crippen molar-refractivity contribution in [2.24, 2.45) is 0 Å². The molecule has 0 aliphatic carbocycles. The van der Waals surface area contributed by atoms with Crippen molar-refractivity contribution in [3.8, 4) is 0 Å². The minimum Gasteiger partial charge on any atom is -0.394 e. The molecule has 0 radical (unpaired) electrons. The minimum absolute atomic E-state index is 0.00772. The lowest BCUT2D eigenvalue weighted by Gasteiger charge is -2.37. The van der Waals surface area contributed by atoms with Crippen molar-refractivity contribution in [2.75, 3.05) is 36.8 Å². The predicted octanol–water partition coefficient (Wildman–Crippen LogP) is -0.0740. The molecule has 1 aromatic heterocycles. The maximum absolute atomic E-state index is 11.5. The molecule has 8 heteroatoms. The molecule has 3 rings (SSSR count). The number of piperazine rings is 1. The van der Waals surface area contributed by atoms with Gasteiger partial charge in [-0.2, -0.15) is 4.98 Å². The van der Waals surface area contributed by atoms with Gasteiger partial charge in [-0.25, -0.2) is 9.78 Å². The van der Waals surface area contributed by atoms with Gasteiger partial charge in [0, 0.05) is 26.2 Å². The van der Waals surface area contributed by atoms with Gasteiger partial charge in [0.15, 0.2) is 5.82 Å². The van der Waals surface area contributed by atoms with Crippen molar-refractivity contribution in [3.63, 3.8) is 0 Å². The standard InChI is InChI=1S/C10H13ClN6O/c11-9-13-4-7(12)8(15-9)16-1-2-17-6(5-16)3-14-10(17)18/h4,6H,1-3,5,12H2,(H,14,18). The van der Waals surface area contributed by atoms with Crippen LogP contribution in [0.4, 0.5) is 16.3 Å². The second-order valence-corrected chi connectivity index (χ2v) is 4.74. The van der Waals surface area contributed by atoms with Crippen molar-refractivity contribution >= 4 is 29.1 Å². The number of amides is 2. The van der Waals surface area contributed by atoms with E-state index in [4.69, 9.17) is 17.3 Å². The van der Waals surface area contributed by atoms with Crippen molar-refractivity contribution in [1.82, 2.24) is 20.2 Å². The molecule has 0 spiro atoms. The number of rotatable bonds is 1. The monoisotopic (exact) mass is 268 g/mol. The van der Waals surface area contributed by atoms with E-state index >= 15 is 0 Å². The number of fused-ring (bicyclic) bond motifs is 1. The second kappa shape index (κ2) is 4.16. The Balaban J connectivity index is 1.82. The largest absolute Gasteiger partial charge is 0.394 e. The normalized spacial score (nSPS) is 22.9. The van der Waals surface area contributed by atoms with Crippen LogP contribution in [0.15, 0.2) is 6.20 Å². The number of carbonyl (C=O) groups is 1. The van der Waals surface area contributed by atoms with Crippen LogP contribution >= 0.6 is 11.6 Å². The van der Waals surface area contributed by atoms with Crippen LogP contribution in [0.1, 0.15) is 0 Å². The highest BCUT2D eigenvalue weighted by molar-refractivity contribution is 6.28.